The van der Waals surface area contributed by atoms with Crippen LogP contribution in [0, 0.1) is 5.92 Å². The zero-order valence-corrected chi connectivity index (χ0v) is 10.7. The molecule has 0 bridgehead atoms. The average Bonchev–Trinajstić information content (AvgIpc) is 2.20. The van der Waals surface area contributed by atoms with Gasteiger partial charge in [0.25, 0.3) is 0 Å². The predicted octanol–water partition coefficient (Wildman–Crippen LogP) is 2.23. The lowest BCUT2D eigenvalue weighted by Gasteiger charge is -2.29. The van der Waals surface area contributed by atoms with Crippen molar-refractivity contribution >= 4 is 5.97 Å². The number of likely N-dealkylation sites (tertiary alicyclic amines) is 1. The van der Waals surface area contributed by atoms with Crippen LogP contribution in [0.15, 0.2) is 11.6 Å². The van der Waals surface area contributed by atoms with E-state index in [9.17, 15) is 4.79 Å². The number of nitrogens with zero attached hydrogens (tertiary/aromatic N) is 1. The van der Waals surface area contributed by atoms with Crippen molar-refractivity contribution in [1.82, 2.24) is 4.90 Å². The number of hydrogen-bond donors (Lipinski definition) is 0. The molecule has 0 aromatic heterocycles. The summed E-state index contributed by atoms with van der Waals surface area (Å²) in [6, 6.07) is 0. The second-order valence-corrected chi connectivity index (χ2v) is 4.75. The van der Waals surface area contributed by atoms with E-state index in [1.807, 2.05) is 6.92 Å². The van der Waals surface area contributed by atoms with Crippen molar-refractivity contribution in [2.45, 2.75) is 33.6 Å². The normalized spacial score (nSPS) is 17.6. The minimum Gasteiger partial charge on any atom is -0.463 e. The van der Waals surface area contributed by atoms with Gasteiger partial charge in [-0.15, -0.1) is 0 Å². The topological polar surface area (TPSA) is 29.5 Å². The van der Waals surface area contributed by atoms with Gasteiger partial charge in [-0.1, -0.05) is 19.4 Å². The largest absolute Gasteiger partial charge is 0.463 e. The fourth-order valence-corrected chi connectivity index (χ4v) is 2.03. The van der Waals surface area contributed by atoms with Gasteiger partial charge in [0.15, 0.2) is 0 Å². The number of rotatable bonds is 4. The Kier molecular flexibility index (Phi) is 5.53. The summed E-state index contributed by atoms with van der Waals surface area (Å²) in [6.07, 6.45) is 3.69. The van der Waals surface area contributed by atoms with Crippen LogP contribution in [0.1, 0.15) is 33.6 Å². The van der Waals surface area contributed by atoms with Crippen molar-refractivity contribution in [1.29, 1.82) is 0 Å². The van der Waals surface area contributed by atoms with E-state index in [1.165, 1.54) is 5.57 Å². The first-order valence-corrected chi connectivity index (χ1v) is 6.20. The summed E-state index contributed by atoms with van der Waals surface area (Å²) in [4.78, 5) is 13.7. The number of esters is 1. The first-order chi connectivity index (χ1) is 7.61. The molecule has 0 radical (unpaired) electrons. The van der Waals surface area contributed by atoms with Crippen molar-refractivity contribution < 1.29 is 9.53 Å². The molecule has 0 unspecified atom stereocenters. The second kappa shape index (κ2) is 6.69. The van der Waals surface area contributed by atoms with Gasteiger partial charge in [0.2, 0.25) is 0 Å². The van der Waals surface area contributed by atoms with Crippen molar-refractivity contribution in [3.8, 4) is 0 Å². The Morgan fingerprint density at radius 3 is 2.56 bits per heavy atom. The van der Waals surface area contributed by atoms with Crippen LogP contribution < -0.4 is 0 Å². The molecule has 0 N–H and O–H groups in total. The van der Waals surface area contributed by atoms with Crippen molar-refractivity contribution in [3.63, 3.8) is 0 Å². The fraction of sp³-hybridized carbons (Fsp3) is 0.769. The molecule has 0 atom stereocenters. The molecule has 0 amide bonds. The summed E-state index contributed by atoms with van der Waals surface area (Å²) in [6.45, 7) is 10.1. The Hall–Kier alpha value is -0.830. The maximum absolute atomic E-state index is 11.3. The summed E-state index contributed by atoms with van der Waals surface area (Å²) < 4.78 is 4.91. The molecule has 3 nitrogen and oxygen atoms in total. The van der Waals surface area contributed by atoms with Crippen molar-refractivity contribution in [2.75, 3.05) is 26.2 Å². The van der Waals surface area contributed by atoms with E-state index in [-0.39, 0.29) is 5.97 Å². The molecule has 1 fully saturated rings. The minimum absolute atomic E-state index is 0.185. The third kappa shape index (κ3) is 4.79. The van der Waals surface area contributed by atoms with Gasteiger partial charge in [0.05, 0.1) is 6.61 Å². The summed E-state index contributed by atoms with van der Waals surface area (Å²) in [5.41, 5.74) is 1.23. The smallest absolute Gasteiger partial charge is 0.330 e. The molecule has 0 aromatic rings. The number of carbonyl (C=O) groups is 1. The van der Waals surface area contributed by atoms with Gasteiger partial charge in [0, 0.05) is 25.7 Å². The number of ether oxygens (including phenoxy) is 1. The van der Waals surface area contributed by atoms with E-state index < -0.39 is 0 Å². The Morgan fingerprint density at radius 2 is 2.06 bits per heavy atom. The van der Waals surface area contributed by atoms with Crippen LogP contribution in [0.25, 0.3) is 0 Å². The maximum atomic E-state index is 11.3. The highest BCUT2D eigenvalue weighted by molar-refractivity contribution is 5.82. The Morgan fingerprint density at radius 1 is 1.44 bits per heavy atom. The molecule has 0 aromatic carbocycles. The molecule has 1 aliphatic heterocycles. The second-order valence-electron chi connectivity index (χ2n) is 4.75. The molecule has 0 spiro atoms. The lowest BCUT2D eigenvalue weighted by molar-refractivity contribution is -0.137. The quantitative estimate of drug-likeness (QED) is 0.543. The first-order valence-electron chi connectivity index (χ1n) is 6.20. The van der Waals surface area contributed by atoms with Crippen molar-refractivity contribution in [2.24, 2.45) is 5.92 Å². The Labute approximate surface area is 98.5 Å². The van der Waals surface area contributed by atoms with Crippen LogP contribution in [-0.2, 0) is 9.53 Å². The van der Waals surface area contributed by atoms with Crippen LogP contribution in [0.2, 0.25) is 0 Å². The van der Waals surface area contributed by atoms with Crippen LogP contribution in [0.3, 0.4) is 0 Å². The third-order valence-corrected chi connectivity index (χ3v) is 2.73. The highest BCUT2D eigenvalue weighted by Gasteiger charge is 2.15. The van der Waals surface area contributed by atoms with Crippen LogP contribution in [0.5, 0.6) is 0 Å². The van der Waals surface area contributed by atoms with E-state index >= 15 is 0 Å². The fourth-order valence-electron chi connectivity index (χ4n) is 2.03. The zero-order valence-electron chi connectivity index (χ0n) is 10.7. The molecule has 92 valence electrons. The highest BCUT2D eigenvalue weighted by Crippen LogP contribution is 2.17. The van der Waals surface area contributed by atoms with Gasteiger partial charge in [-0.3, -0.25) is 0 Å². The molecular formula is C13H23NO2. The van der Waals surface area contributed by atoms with Gasteiger partial charge >= 0.3 is 5.97 Å². The molecule has 1 rings (SSSR count). The standard InChI is InChI=1S/C13H23NO2/c1-4-16-13(15)9-12-5-7-14(8-6-12)10-11(2)3/h9,11H,4-8,10H2,1-3H3. The molecule has 16 heavy (non-hydrogen) atoms. The van der Waals surface area contributed by atoms with Crippen molar-refractivity contribution in [3.05, 3.63) is 11.6 Å². The van der Waals surface area contributed by atoms with E-state index in [0.717, 1.165) is 38.4 Å². The lowest BCUT2D eigenvalue weighted by atomic mass is 10.0. The van der Waals surface area contributed by atoms with E-state index in [1.54, 1.807) is 6.08 Å². The molecule has 1 heterocycles. The van der Waals surface area contributed by atoms with Crippen LogP contribution in [-0.4, -0.2) is 37.1 Å². The van der Waals surface area contributed by atoms with E-state index in [2.05, 4.69) is 18.7 Å². The maximum Gasteiger partial charge on any atom is 0.330 e. The third-order valence-electron chi connectivity index (χ3n) is 2.73. The number of hydrogen-bond acceptors (Lipinski definition) is 3. The first kappa shape index (κ1) is 13.2. The molecule has 3 heteroatoms. The van der Waals surface area contributed by atoms with Crippen LogP contribution in [0.4, 0.5) is 0 Å². The van der Waals surface area contributed by atoms with Gasteiger partial charge in [-0.2, -0.15) is 0 Å². The monoisotopic (exact) mass is 225 g/mol. The predicted molar refractivity (Wildman–Crippen MR) is 65.2 cm³/mol. The molecule has 0 saturated carbocycles. The van der Waals surface area contributed by atoms with Gasteiger partial charge < -0.3 is 9.64 Å². The van der Waals surface area contributed by atoms with Gasteiger partial charge in [-0.05, 0) is 25.7 Å². The molecule has 0 aliphatic carbocycles. The zero-order chi connectivity index (χ0) is 12.0. The molecular weight excluding hydrogens is 202 g/mol. The lowest BCUT2D eigenvalue weighted by Crippen LogP contribution is -2.33. The van der Waals surface area contributed by atoms with E-state index in [0.29, 0.717) is 6.61 Å². The Bertz CT molecular complexity index is 249. The van der Waals surface area contributed by atoms with Crippen LogP contribution >= 0.6 is 0 Å². The molecule has 1 saturated heterocycles. The SMILES string of the molecule is CCOC(=O)C=C1CCN(CC(C)C)CC1. The van der Waals surface area contributed by atoms with E-state index in [4.69, 9.17) is 4.74 Å². The summed E-state index contributed by atoms with van der Waals surface area (Å²) in [5, 5.41) is 0. The van der Waals surface area contributed by atoms with Gasteiger partial charge in [0.1, 0.15) is 0 Å². The molecule has 1 aliphatic rings. The highest BCUT2D eigenvalue weighted by atomic mass is 16.5. The average molecular weight is 225 g/mol. The number of carbonyl (C=O) groups excluding carboxylic acids is 1. The summed E-state index contributed by atoms with van der Waals surface area (Å²) in [7, 11) is 0. The summed E-state index contributed by atoms with van der Waals surface area (Å²) in [5.74, 6) is 0.533. The Balaban J connectivity index is 2.33. The minimum atomic E-state index is -0.185. The summed E-state index contributed by atoms with van der Waals surface area (Å²) >= 11 is 0. The number of piperidine rings is 1. The van der Waals surface area contributed by atoms with Gasteiger partial charge in [-0.25, -0.2) is 4.79 Å².